The van der Waals surface area contributed by atoms with Crippen LogP contribution in [0.15, 0.2) is 30.3 Å². The summed E-state index contributed by atoms with van der Waals surface area (Å²) in [5, 5.41) is 9.10. The van der Waals surface area contributed by atoms with Crippen LogP contribution >= 0.6 is 0 Å². The van der Waals surface area contributed by atoms with Crippen molar-refractivity contribution in [3.05, 3.63) is 52.6 Å². The summed E-state index contributed by atoms with van der Waals surface area (Å²) in [4.78, 5) is 48.4. The molecule has 0 amide bonds. The molecular formula is C29H34O7. The number of unbranched alkanes of at least 4 members (excludes halogenated alkanes) is 7. The Morgan fingerprint density at radius 1 is 0.806 bits per heavy atom. The van der Waals surface area contributed by atoms with Crippen molar-refractivity contribution in [1.29, 1.82) is 0 Å². The Labute approximate surface area is 211 Å². The van der Waals surface area contributed by atoms with Gasteiger partial charge in [-0.05, 0) is 48.7 Å². The minimum atomic E-state index is -1.53. The molecule has 3 rings (SSSR count). The van der Waals surface area contributed by atoms with E-state index in [1.54, 1.807) is 31.2 Å². The monoisotopic (exact) mass is 494 g/mol. The van der Waals surface area contributed by atoms with E-state index in [9.17, 15) is 19.2 Å². The molecule has 0 saturated carbocycles. The molecule has 0 atom stereocenters. The van der Waals surface area contributed by atoms with Gasteiger partial charge in [0.05, 0.1) is 18.8 Å². The lowest BCUT2D eigenvalue weighted by atomic mass is 9.99. The molecule has 7 nitrogen and oxygen atoms in total. The zero-order chi connectivity index (χ0) is 26.1. The smallest absolute Gasteiger partial charge is 0.372 e. The molecule has 2 aromatic rings. The molecule has 0 bridgehead atoms. The summed E-state index contributed by atoms with van der Waals surface area (Å²) in [6.07, 6.45) is 8.84. The maximum Gasteiger partial charge on any atom is 0.372 e. The number of fused-ring (bicyclic) bond motifs is 3. The van der Waals surface area contributed by atoms with E-state index in [4.69, 9.17) is 14.6 Å². The first-order valence-electron chi connectivity index (χ1n) is 12.8. The van der Waals surface area contributed by atoms with Gasteiger partial charge < -0.3 is 14.6 Å². The van der Waals surface area contributed by atoms with Crippen LogP contribution in [0.3, 0.4) is 0 Å². The predicted octanol–water partition coefficient (Wildman–Crippen LogP) is 5.79. The Hall–Kier alpha value is -3.48. The van der Waals surface area contributed by atoms with Gasteiger partial charge in [0, 0.05) is 23.1 Å². The maximum absolute atomic E-state index is 13.1. The molecule has 1 aliphatic carbocycles. The molecule has 192 valence electrons. The fraction of sp³-hybridized carbons (Fsp3) is 0.448. The number of carbonyl (C=O) groups is 4. The Morgan fingerprint density at radius 2 is 1.47 bits per heavy atom. The fourth-order valence-corrected chi connectivity index (χ4v) is 4.43. The van der Waals surface area contributed by atoms with Crippen LogP contribution in [-0.2, 0) is 20.7 Å². The number of ketones is 2. The van der Waals surface area contributed by atoms with Crippen LogP contribution < -0.4 is 4.74 Å². The van der Waals surface area contributed by atoms with Gasteiger partial charge in [0.25, 0.3) is 0 Å². The molecule has 2 aromatic carbocycles. The van der Waals surface area contributed by atoms with Crippen molar-refractivity contribution in [2.45, 2.75) is 71.6 Å². The van der Waals surface area contributed by atoms with Crippen molar-refractivity contribution in [2.24, 2.45) is 0 Å². The molecule has 0 unspecified atom stereocenters. The molecule has 1 N–H and O–H groups in total. The highest BCUT2D eigenvalue weighted by Crippen LogP contribution is 2.41. The van der Waals surface area contributed by atoms with Crippen LogP contribution in [0.25, 0.3) is 11.1 Å². The van der Waals surface area contributed by atoms with E-state index >= 15 is 0 Å². The van der Waals surface area contributed by atoms with Gasteiger partial charge in [-0.15, -0.1) is 0 Å². The normalized spacial score (nSPS) is 11.7. The number of carboxylic acids is 1. The second kappa shape index (κ2) is 13.0. The molecule has 0 aliphatic heterocycles. The molecular weight excluding hydrogens is 460 g/mol. The van der Waals surface area contributed by atoms with Crippen LogP contribution in [0.4, 0.5) is 0 Å². The summed E-state index contributed by atoms with van der Waals surface area (Å²) in [7, 11) is 0. The molecule has 0 aromatic heterocycles. The summed E-state index contributed by atoms with van der Waals surface area (Å²) >= 11 is 0. The van der Waals surface area contributed by atoms with E-state index in [0.29, 0.717) is 40.2 Å². The van der Waals surface area contributed by atoms with Gasteiger partial charge in [0.1, 0.15) is 5.75 Å². The van der Waals surface area contributed by atoms with Crippen LogP contribution in [0.2, 0.25) is 0 Å². The minimum absolute atomic E-state index is 0.227. The van der Waals surface area contributed by atoms with Gasteiger partial charge in [-0.25, -0.2) is 9.59 Å². The summed E-state index contributed by atoms with van der Waals surface area (Å²) in [5.74, 6) is -2.89. The Morgan fingerprint density at radius 3 is 2.14 bits per heavy atom. The quantitative estimate of drug-likeness (QED) is 0.162. The molecule has 0 heterocycles. The number of hydrogen-bond acceptors (Lipinski definition) is 6. The molecule has 0 saturated heterocycles. The number of rotatable bonds is 15. The zero-order valence-electron chi connectivity index (χ0n) is 21.1. The second-order valence-corrected chi connectivity index (χ2v) is 9.04. The lowest BCUT2D eigenvalue weighted by molar-refractivity contribution is -0.148. The van der Waals surface area contributed by atoms with Crippen molar-refractivity contribution in [3.63, 3.8) is 0 Å². The Bertz CT molecular complexity index is 1130. The number of Topliss-reactive ketones (excluding diaryl/α,β-unsaturated/α-hetero) is 1. The highest BCUT2D eigenvalue weighted by Gasteiger charge is 2.30. The van der Waals surface area contributed by atoms with Gasteiger partial charge in [0.2, 0.25) is 5.78 Å². The van der Waals surface area contributed by atoms with Crippen molar-refractivity contribution in [3.8, 4) is 16.9 Å². The lowest BCUT2D eigenvalue weighted by Crippen LogP contribution is -2.16. The Kier molecular flexibility index (Phi) is 9.79. The van der Waals surface area contributed by atoms with Crippen LogP contribution in [-0.4, -0.2) is 41.8 Å². The van der Waals surface area contributed by atoms with E-state index < -0.39 is 17.7 Å². The average Bonchev–Trinajstić information content (AvgIpc) is 3.13. The number of carbonyl (C=O) groups excluding carboxylic acids is 3. The van der Waals surface area contributed by atoms with Crippen molar-refractivity contribution < 1.29 is 33.8 Å². The van der Waals surface area contributed by atoms with Gasteiger partial charge in [-0.2, -0.15) is 0 Å². The maximum atomic E-state index is 13.1. The van der Waals surface area contributed by atoms with Crippen LogP contribution in [0.1, 0.15) is 97.1 Å². The SMILES string of the molecule is CCCCCCCCCCOc1cc2c(cc1CC(=O)C(=O)O)C(=O)c1cc(C(=O)OCC)ccc1-2. The number of carboxylic acid groups (broad SMARTS) is 1. The molecule has 1 aliphatic rings. The first-order chi connectivity index (χ1) is 17.4. The fourth-order valence-electron chi connectivity index (χ4n) is 4.43. The summed E-state index contributed by atoms with van der Waals surface area (Å²) in [6, 6.07) is 8.08. The molecule has 0 radical (unpaired) electrons. The highest BCUT2D eigenvalue weighted by atomic mass is 16.5. The number of benzene rings is 2. The number of aliphatic carboxylic acids is 1. The summed E-state index contributed by atoms with van der Waals surface area (Å²) in [5.41, 5.74) is 2.68. The first kappa shape index (κ1) is 27.1. The topological polar surface area (TPSA) is 107 Å². The standard InChI is InChI=1S/C29H34O7/c1-3-5-6-7-8-9-10-11-14-36-26-18-22-21-13-12-19(29(34)35-4-2)15-23(21)27(31)24(22)16-20(26)17-25(30)28(32)33/h12-13,15-16,18H,3-11,14,17H2,1-2H3,(H,32,33). The predicted molar refractivity (Wildman–Crippen MR) is 136 cm³/mol. The van der Waals surface area contributed by atoms with E-state index in [1.807, 2.05) is 0 Å². The minimum Gasteiger partial charge on any atom is -0.493 e. The summed E-state index contributed by atoms with van der Waals surface area (Å²) in [6.45, 7) is 4.57. The van der Waals surface area contributed by atoms with Gasteiger partial charge in [-0.1, -0.05) is 57.9 Å². The van der Waals surface area contributed by atoms with E-state index in [0.717, 1.165) is 19.3 Å². The first-order valence-corrected chi connectivity index (χ1v) is 12.8. The van der Waals surface area contributed by atoms with Crippen LogP contribution in [0.5, 0.6) is 5.75 Å². The van der Waals surface area contributed by atoms with E-state index in [-0.39, 0.29) is 24.4 Å². The Balaban J connectivity index is 1.78. The van der Waals surface area contributed by atoms with Crippen molar-refractivity contribution >= 4 is 23.5 Å². The average molecular weight is 495 g/mol. The van der Waals surface area contributed by atoms with Gasteiger partial charge in [0.15, 0.2) is 5.78 Å². The third kappa shape index (κ3) is 6.59. The van der Waals surface area contributed by atoms with Crippen molar-refractivity contribution in [1.82, 2.24) is 0 Å². The third-order valence-corrected chi connectivity index (χ3v) is 6.36. The number of hydrogen-bond donors (Lipinski definition) is 1. The van der Waals surface area contributed by atoms with Crippen LogP contribution in [0, 0.1) is 0 Å². The lowest BCUT2D eigenvalue weighted by Gasteiger charge is -2.13. The summed E-state index contributed by atoms with van der Waals surface area (Å²) < 4.78 is 11.0. The molecule has 0 spiro atoms. The molecule has 7 heteroatoms. The van der Waals surface area contributed by atoms with Crippen molar-refractivity contribution in [2.75, 3.05) is 13.2 Å². The number of ether oxygens (including phenoxy) is 2. The molecule has 36 heavy (non-hydrogen) atoms. The highest BCUT2D eigenvalue weighted by molar-refractivity contribution is 6.33. The van der Waals surface area contributed by atoms with E-state index in [2.05, 4.69) is 6.92 Å². The van der Waals surface area contributed by atoms with E-state index in [1.165, 1.54) is 38.2 Å². The second-order valence-electron chi connectivity index (χ2n) is 9.04. The molecule has 0 fully saturated rings. The van der Waals surface area contributed by atoms with Gasteiger partial charge >= 0.3 is 11.9 Å². The van der Waals surface area contributed by atoms with Gasteiger partial charge in [-0.3, -0.25) is 9.59 Å². The number of esters is 1. The largest absolute Gasteiger partial charge is 0.493 e. The zero-order valence-corrected chi connectivity index (χ0v) is 21.1. The third-order valence-electron chi connectivity index (χ3n) is 6.36.